The van der Waals surface area contributed by atoms with E-state index in [-0.39, 0.29) is 11.9 Å². The number of rotatable bonds is 4. The largest absolute Gasteiger partial charge is 0.360 e. The minimum atomic E-state index is -0.241. The summed E-state index contributed by atoms with van der Waals surface area (Å²) in [4.78, 5) is 4.28. The lowest BCUT2D eigenvalue weighted by molar-refractivity contribution is 0.627. The molecule has 2 aromatic rings. The number of nitrogens with zero attached hydrogens (tertiary/aromatic N) is 1. The van der Waals surface area contributed by atoms with Gasteiger partial charge in [-0.05, 0) is 36.2 Å². The summed E-state index contributed by atoms with van der Waals surface area (Å²) in [5.41, 5.74) is 2.06. The summed E-state index contributed by atoms with van der Waals surface area (Å²) in [6.45, 7) is 5.78. The van der Waals surface area contributed by atoms with Gasteiger partial charge in [0, 0.05) is 6.20 Å². The maximum Gasteiger partial charge on any atom is 0.126 e. The second-order valence-electron chi connectivity index (χ2n) is 4.13. The van der Waals surface area contributed by atoms with Crippen molar-refractivity contribution in [2.75, 3.05) is 5.32 Å². The van der Waals surface area contributed by atoms with Gasteiger partial charge in [-0.3, -0.25) is 0 Å². The second kappa shape index (κ2) is 5.45. The van der Waals surface area contributed by atoms with Gasteiger partial charge in [-0.1, -0.05) is 24.3 Å². The Labute approximate surface area is 106 Å². The molecule has 1 atom stereocenters. The van der Waals surface area contributed by atoms with Crippen molar-refractivity contribution in [2.24, 2.45) is 0 Å². The lowest BCUT2D eigenvalue weighted by Crippen LogP contribution is -2.08. The summed E-state index contributed by atoms with van der Waals surface area (Å²) in [7, 11) is 0. The highest BCUT2D eigenvalue weighted by Gasteiger charge is 2.07. The van der Waals surface area contributed by atoms with Gasteiger partial charge in [-0.25, -0.2) is 9.37 Å². The van der Waals surface area contributed by atoms with E-state index in [4.69, 9.17) is 0 Å². The van der Waals surface area contributed by atoms with E-state index in [9.17, 15) is 4.39 Å². The summed E-state index contributed by atoms with van der Waals surface area (Å²) < 4.78 is 12.9. The average Bonchev–Trinajstić information content (AvgIpc) is 2.39. The number of halogens is 1. The first-order valence-corrected chi connectivity index (χ1v) is 5.76. The molecule has 18 heavy (non-hydrogen) atoms. The Bertz CT molecular complexity index is 517. The lowest BCUT2D eigenvalue weighted by Gasteiger charge is -2.15. The Kier molecular flexibility index (Phi) is 3.72. The quantitative estimate of drug-likeness (QED) is 0.823. The van der Waals surface area contributed by atoms with Gasteiger partial charge in [0.05, 0.1) is 6.04 Å². The average molecular weight is 242 g/mol. The summed E-state index contributed by atoms with van der Waals surface area (Å²) in [5.74, 6) is 0.532. The van der Waals surface area contributed by atoms with Crippen LogP contribution in [0.2, 0.25) is 0 Å². The SMILES string of the molecule is C=CC(Nc1ccc(C)cn1)c1ccc(F)cc1. The number of anilines is 1. The van der Waals surface area contributed by atoms with Crippen molar-refractivity contribution in [1.82, 2.24) is 4.98 Å². The van der Waals surface area contributed by atoms with Gasteiger partial charge in [0.25, 0.3) is 0 Å². The molecule has 0 saturated heterocycles. The van der Waals surface area contributed by atoms with Gasteiger partial charge in [-0.15, -0.1) is 6.58 Å². The number of aryl methyl sites for hydroxylation is 1. The van der Waals surface area contributed by atoms with Crippen LogP contribution in [0.5, 0.6) is 0 Å². The summed E-state index contributed by atoms with van der Waals surface area (Å²) in [6, 6.07) is 10.2. The van der Waals surface area contributed by atoms with E-state index < -0.39 is 0 Å². The zero-order valence-electron chi connectivity index (χ0n) is 10.2. The maximum atomic E-state index is 12.9. The fraction of sp³-hybridized carbons (Fsp3) is 0.133. The van der Waals surface area contributed by atoms with Crippen molar-refractivity contribution in [3.05, 3.63) is 72.2 Å². The van der Waals surface area contributed by atoms with E-state index in [0.29, 0.717) is 0 Å². The summed E-state index contributed by atoms with van der Waals surface area (Å²) >= 11 is 0. The molecular weight excluding hydrogens is 227 g/mol. The van der Waals surface area contributed by atoms with Crippen LogP contribution in [0, 0.1) is 12.7 Å². The molecule has 1 aromatic carbocycles. The van der Waals surface area contributed by atoms with Crippen molar-refractivity contribution in [1.29, 1.82) is 0 Å². The number of hydrogen-bond acceptors (Lipinski definition) is 2. The number of benzene rings is 1. The number of hydrogen-bond donors (Lipinski definition) is 1. The molecule has 1 N–H and O–H groups in total. The monoisotopic (exact) mass is 242 g/mol. The number of nitrogens with one attached hydrogen (secondary N) is 1. The van der Waals surface area contributed by atoms with Crippen molar-refractivity contribution in [3.63, 3.8) is 0 Å². The smallest absolute Gasteiger partial charge is 0.126 e. The lowest BCUT2D eigenvalue weighted by atomic mass is 10.1. The van der Waals surface area contributed by atoms with Crippen LogP contribution < -0.4 is 5.32 Å². The van der Waals surface area contributed by atoms with Crippen LogP contribution in [0.3, 0.4) is 0 Å². The third kappa shape index (κ3) is 2.94. The van der Waals surface area contributed by atoms with Crippen molar-refractivity contribution < 1.29 is 4.39 Å². The molecule has 1 heterocycles. The highest BCUT2D eigenvalue weighted by molar-refractivity contribution is 5.41. The third-order valence-corrected chi connectivity index (χ3v) is 2.68. The molecular formula is C15H15FN2. The van der Waals surface area contributed by atoms with E-state index in [0.717, 1.165) is 16.9 Å². The second-order valence-corrected chi connectivity index (χ2v) is 4.13. The topological polar surface area (TPSA) is 24.9 Å². The molecule has 0 aliphatic heterocycles. The van der Waals surface area contributed by atoms with Gasteiger partial charge in [0.15, 0.2) is 0 Å². The number of pyridine rings is 1. The first-order valence-electron chi connectivity index (χ1n) is 5.76. The van der Waals surface area contributed by atoms with E-state index >= 15 is 0 Å². The van der Waals surface area contributed by atoms with E-state index in [2.05, 4.69) is 16.9 Å². The van der Waals surface area contributed by atoms with Gasteiger partial charge in [0.2, 0.25) is 0 Å². The Morgan fingerprint density at radius 3 is 2.50 bits per heavy atom. The summed E-state index contributed by atoms with van der Waals surface area (Å²) in [6.07, 6.45) is 3.57. The van der Waals surface area contributed by atoms with Crippen molar-refractivity contribution >= 4 is 5.82 Å². The highest BCUT2D eigenvalue weighted by atomic mass is 19.1. The van der Waals surface area contributed by atoms with Crippen LogP contribution in [-0.4, -0.2) is 4.98 Å². The molecule has 0 aliphatic rings. The normalized spacial score (nSPS) is 11.9. The maximum absolute atomic E-state index is 12.9. The Hall–Kier alpha value is -2.16. The minimum Gasteiger partial charge on any atom is -0.360 e. The van der Waals surface area contributed by atoms with Crippen LogP contribution >= 0.6 is 0 Å². The standard InChI is InChI=1S/C15H15FN2/c1-3-14(12-5-7-13(16)8-6-12)18-15-9-4-11(2)10-17-15/h3-10,14H,1H2,2H3,(H,17,18). The predicted molar refractivity (Wildman–Crippen MR) is 71.9 cm³/mol. The molecule has 0 spiro atoms. The first-order chi connectivity index (χ1) is 8.69. The zero-order valence-corrected chi connectivity index (χ0v) is 10.2. The third-order valence-electron chi connectivity index (χ3n) is 2.68. The van der Waals surface area contributed by atoms with Crippen LogP contribution in [0.1, 0.15) is 17.2 Å². The van der Waals surface area contributed by atoms with Gasteiger partial charge in [-0.2, -0.15) is 0 Å². The van der Waals surface area contributed by atoms with Gasteiger partial charge < -0.3 is 5.32 Å². The fourth-order valence-electron chi connectivity index (χ4n) is 1.66. The molecule has 1 unspecified atom stereocenters. The van der Waals surface area contributed by atoms with E-state index in [1.165, 1.54) is 12.1 Å². The molecule has 2 rings (SSSR count). The highest BCUT2D eigenvalue weighted by Crippen LogP contribution is 2.19. The van der Waals surface area contributed by atoms with Gasteiger partial charge >= 0.3 is 0 Å². The van der Waals surface area contributed by atoms with Crippen LogP contribution in [-0.2, 0) is 0 Å². The van der Waals surface area contributed by atoms with Crippen LogP contribution in [0.25, 0.3) is 0 Å². The van der Waals surface area contributed by atoms with Gasteiger partial charge in [0.1, 0.15) is 11.6 Å². The molecule has 0 amide bonds. The molecule has 0 saturated carbocycles. The van der Waals surface area contributed by atoms with E-state index in [1.807, 2.05) is 19.1 Å². The molecule has 92 valence electrons. The fourth-order valence-corrected chi connectivity index (χ4v) is 1.66. The molecule has 0 bridgehead atoms. The van der Waals surface area contributed by atoms with Crippen LogP contribution in [0.15, 0.2) is 55.3 Å². The van der Waals surface area contributed by atoms with Crippen molar-refractivity contribution in [3.8, 4) is 0 Å². The Morgan fingerprint density at radius 2 is 1.94 bits per heavy atom. The summed E-state index contributed by atoms with van der Waals surface area (Å²) in [5, 5.41) is 3.24. The Balaban J connectivity index is 2.16. The van der Waals surface area contributed by atoms with Crippen molar-refractivity contribution in [2.45, 2.75) is 13.0 Å². The molecule has 2 nitrogen and oxygen atoms in total. The minimum absolute atomic E-state index is 0.0826. The first kappa shape index (κ1) is 12.3. The molecule has 0 aliphatic carbocycles. The molecule has 3 heteroatoms. The van der Waals surface area contributed by atoms with E-state index in [1.54, 1.807) is 24.4 Å². The van der Waals surface area contributed by atoms with Crippen LogP contribution in [0.4, 0.5) is 10.2 Å². The zero-order chi connectivity index (χ0) is 13.0. The Morgan fingerprint density at radius 1 is 1.22 bits per heavy atom. The number of aromatic nitrogens is 1. The molecule has 0 fully saturated rings. The molecule has 0 radical (unpaired) electrons. The molecule has 1 aromatic heterocycles. The predicted octanol–water partition coefficient (Wildman–Crippen LogP) is 3.87.